The number of unbranched alkanes of at least 4 members (excludes halogenated alkanes) is 2. The maximum atomic E-state index is 13.0. The van der Waals surface area contributed by atoms with Crippen LogP contribution in [-0.2, 0) is 6.42 Å². The van der Waals surface area contributed by atoms with Gasteiger partial charge in [-0.25, -0.2) is 4.79 Å². The Morgan fingerprint density at radius 1 is 1.00 bits per heavy atom. The van der Waals surface area contributed by atoms with Crippen molar-refractivity contribution in [3.8, 4) is 0 Å². The summed E-state index contributed by atoms with van der Waals surface area (Å²) in [6.45, 7) is 3.93. The molecule has 0 aliphatic heterocycles. The number of hydrogen-bond acceptors (Lipinski definition) is 3. The summed E-state index contributed by atoms with van der Waals surface area (Å²) in [7, 11) is 0. The number of hydroxylamine groups is 2. The minimum absolute atomic E-state index is 0.267. The third-order valence-corrected chi connectivity index (χ3v) is 8.17. The summed E-state index contributed by atoms with van der Waals surface area (Å²) in [5, 5.41) is 13.4. The van der Waals surface area contributed by atoms with Crippen molar-refractivity contribution in [1.29, 1.82) is 0 Å². The third kappa shape index (κ3) is 5.79. The predicted octanol–water partition coefficient (Wildman–Crippen LogP) is 6.03. The lowest BCUT2D eigenvalue weighted by molar-refractivity contribution is -0.0598. The zero-order valence-electron chi connectivity index (χ0n) is 19.3. The number of urea groups is 1. The van der Waals surface area contributed by atoms with Crippen LogP contribution in [0.2, 0.25) is 0 Å². The molecule has 4 bridgehead atoms. The first-order valence-corrected chi connectivity index (χ1v) is 12.7. The minimum atomic E-state index is -0.310. The molecule has 4 saturated carbocycles. The van der Waals surface area contributed by atoms with E-state index in [1.165, 1.54) is 38.5 Å². The van der Waals surface area contributed by atoms with Crippen molar-refractivity contribution >= 4 is 6.03 Å². The first-order valence-electron chi connectivity index (χ1n) is 12.7. The summed E-state index contributed by atoms with van der Waals surface area (Å²) in [5.41, 5.74) is 1.62. The average molecular weight is 427 g/mol. The maximum Gasteiger partial charge on any atom is 0.309 e. The standard InChI is InChI=1S/C26H40N3O2/c1-2-3-4-12-28(25(30)29(31)13-5-6-21-7-10-27-11-8-21)14-9-26-18-22-15-23(19-26)17-24(16-22)20-26/h7-8,10-11,22-24H,2-6,9,12-20H2,1H3/q-1. The molecule has 1 heterocycles. The van der Waals surface area contributed by atoms with Crippen LogP contribution in [0.4, 0.5) is 4.79 Å². The number of rotatable bonds is 11. The van der Waals surface area contributed by atoms with Crippen molar-refractivity contribution < 1.29 is 4.79 Å². The van der Waals surface area contributed by atoms with Crippen LogP contribution >= 0.6 is 0 Å². The largest absolute Gasteiger partial charge is 0.755 e. The number of aromatic nitrogens is 1. The summed E-state index contributed by atoms with van der Waals surface area (Å²) < 4.78 is 0. The van der Waals surface area contributed by atoms with E-state index in [1.54, 1.807) is 12.4 Å². The normalized spacial score (nSPS) is 28.6. The van der Waals surface area contributed by atoms with Crippen LogP contribution in [0.5, 0.6) is 0 Å². The number of aryl methyl sites for hydroxylation is 1. The van der Waals surface area contributed by atoms with E-state index < -0.39 is 0 Å². The zero-order chi connectivity index (χ0) is 21.7. The molecule has 4 aliphatic carbocycles. The van der Waals surface area contributed by atoms with Crippen LogP contribution in [0.25, 0.3) is 0 Å². The highest BCUT2D eigenvalue weighted by Gasteiger charge is 2.50. The van der Waals surface area contributed by atoms with E-state index in [1.807, 2.05) is 17.0 Å². The molecule has 5 heteroatoms. The zero-order valence-corrected chi connectivity index (χ0v) is 19.3. The van der Waals surface area contributed by atoms with Crippen LogP contribution in [0.1, 0.15) is 83.1 Å². The molecule has 0 unspecified atom stereocenters. The number of nitrogens with zero attached hydrogens (tertiary/aromatic N) is 3. The second-order valence-electron chi connectivity index (χ2n) is 10.7. The Labute approximate surface area is 188 Å². The highest BCUT2D eigenvalue weighted by molar-refractivity contribution is 5.74. The molecule has 4 aliphatic rings. The second-order valence-corrected chi connectivity index (χ2v) is 10.7. The van der Waals surface area contributed by atoms with Crippen LogP contribution < -0.4 is 0 Å². The first kappa shape index (κ1) is 22.6. The molecule has 1 aromatic rings. The van der Waals surface area contributed by atoms with Gasteiger partial charge >= 0.3 is 6.03 Å². The summed E-state index contributed by atoms with van der Waals surface area (Å²) >= 11 is 0. The van der Waals surface area contributed by atoms with E-state index in [0.29, 0.717) is 16.9 Å². The van der Waals surface area contributed by atoms with Crippen LogP contribution in [0.3, 0.4) is 0 Å². The lowest BCUT2D eigenvalue weighted by Crippen LogP contribution is -2.48. The third-order valence-electron chi connectivity index (χ3n) is 8.17. The van der Waals surface area contributed by atoms with Gasteiger partial charge in [-0.15, -0.1) is 0 Å². The fourth-order valence-corrected chi connectivity index (χ4v) is 7.05. The quantitative estimate of drug-likeness (QED) is 0.320. The smallest absolute Gasteiger partial charge is 0.309 e. The molecular weight excluding hydrogens is 386 g/mol. The maximum absolute atomic E-state index is 13.0. The van der Waals surface area contributed by atoms with Crippen molar-refractivity contribution in [2.45, 2.75) is 84.0 Å². The number of carbonyl (C=O) groups excluding carboxylic acids is 1. The molecule has 4 fully saturated rings. The van der Waals surface area contributed by atoms with E-state index in [0.717, 1.165) is 68.5 Å². The molecule has 0 spiro atoms. The summed E-state index contributed by atoms with van der Waals surface area (Å²) in [6, 6.07) is 3.63. The van der Waals surface area contributed by atoms with Gasteiger partial charge in [-0.1, -0.05) is 19.8 Å². The van der Waals surface area contributed by atoms with Crippen LogP contribution in [0.15, 0.2) is 24.5 Å². The minimum Gasteiger partial charge on any atom is -0.755 e. The number of hydrogen-bond donors (Lipinski definition) is 0. The Hall–Kier alpha value is -1.62. The molecule has 2 amide bonds. The van der Waals surface area contributed by atoms with Gasteiger partial charge in [0.15, 0.2) is 0 Å². The molecule has 5 rings (SSSR count). The van der Waals surface area contributed by atoms with Crippen molar-refractivity contribution in [3.05, 3.63) is 35.3 Å². The van der Waals surface area contributed by atoms with Crippen LogP contribution in [-0.4, -0.2) is 40.6 Å². The Kier molecular flexibility index (Phi) is 7.52. The SMILES string of the molecule is CCCCCN(CCC12CC3CC(CC(C3)C1)C2)C(=O)N([O-])CCCc1ccncc1. The van der Waals surface area contributed by atoms with E-state index in [2.05, 4.69) is 11.9 Å². The summed E-state index contributed by atoms with van der Waals surface area (Å²) in [5.74, 6) is 2.79. The predicted molar refractivity (Wildman–Crippen MR) is 124 cm³/mol. The van der Waals surface area contributed by atoms with Crippen molar-refractivity contribution in [2.75, 3.05) is 19.6 Å². The Morgan fingerprint density at radius 2 is 1.65 bits per heavy atom. The lowest BCUT2D eigenvalue weighted by Gasteiger charge is -2.57. The highest BCUT2D eigenvalue weighted by Crippen LogP contribution is 2.61. The molecule has 31 heavy (non-hydrogen) atoms. The van der Waals surface area contributed by atoms with E-state index in [9.17, 15) is 10.0 Å². The average Bonchev–Trinajstić information content (AvgIpc) is 2.75. The van der Waals surface area contributed by atoms with E-state index in [-0.39, 0.29) is 12.6 Å². The molecule has 172 valence electrons. The molecule has 0 saturated heterocycles. The Morgan fingerprint density at radius 3 is 2.26 bits per heavy atom. The van der Waals surface area contributed by atoms with Crippen LogP contribution in [0, 0.1) is 28.4 Å². The summed E-state index contributed by atoms with van der Waals surface area (Å²) in [6.07, 6.45) is 17.8. The lowest BCUT2D eigenvalue weighted by atomic mass is 9.49. The molecule has 1 aromatic heterocycles. The van der Waals surface area contributed by atoms with Gasteiger partial charge in [0.25, 0.3) is 0 Å². The van der Waals surface area contributed by atoms with Gasteiger partial charge in [0.05, 0.1) is 0 Å². The van der Waals surface area contributed by atoms with Gasteiger partial charge in [0.1, 0.15) is 0 Å². The molecule has 0 atom stereocenters. The number of pyridine rings is 1. The molecular formula is C26H40N3O2-. The number of carbonyl (C=O) groups is 1. The van der Waals surface area contributed by atoms with Crippen molar-refractivity contribution in [2.24, 2.45) is 23.2 Å². The Bertz CT molecular complexity index is 673. The van der Waals surface area contributed by atoms with Crippen molar-refractivity contribution in [3.63, 3.8) is 0 Å². The highest BCUT2D eigenvalue weighted by atomic mass is 16.5. The van der Waals surface area contributed by atoms with Gasteiger partial charge in [0, 0.05) is 32.0 Å². The topological polar surface area (TPSA) is 59.5 Å². The van der Waals surface area contributed by atoms with E-state index >= 15 is 0 Å². The fourth-order valence-electron chi connectivity index (χ4n) is 7.05. The molecule has 0 N–H and O–H groups in total. The molecule has 0 aromatic carbocycles. The summed E-state index contributed by atoms with van der Waals surface area (Å²) in [4.78, 5) is 18.9. The van der Waals surface area contributed by atoms with Gasteiger partial charge in [-0.2, -0.15) is 0 Å². The first-order chi connectivity index (χ1) is 15.1. The van der Waals surface area contributed by atoms with Gasteiger partial charge in [0.2, 0.25) is 0 Å². The van der Waals surface area contributed by atoms with Gasteiger partial charge < -0.3 is 15.2 Å². The molecule has 5 nitrogen and oxygen atoms in total. The fraction of sp³-hybridized carbons (Fsp3) is 0.769. The van der Waals surface area contributed by atoms with Crippen molar-refractivity contribution in [1.82, 2.24) is 14.9 Å². The molecule has 0 radical (unpaired) electrons. The van der Waals surface area contributed by atoms with E-state index in [4.69, 9.17) is 0 Å². The monoisotopic (exact) mass is 426 g/mol. The van der Waals surface area contributed by atoms with Gasteiger partial charge in [-0.3, -0.25) is 4.98 Å². The Balaban J connectivity index is 1.30. The number of amides is 2. The second kappa shape index (κ2) is 10.3. The van der Waals surface area contributed by atoms with Gasteiger partial charge in [-0.05, 0) is 105 Å².